The number of fused-ring (bicyclic) bond motifs is 2. The molecule has 0 saturated carbocycles. The molecule has 2 heterocycles. The second kappa shape index (κ2) is 12.0. The molecule has 2 atom stereocenters. The summed E-state index contributed by atoms with van der Waals surface area (Å²) in [6.45, 7) is 20.0. The first-order chi connectivity index (χ1) is 18.0. The van der Waals surface area contributed by atoms with E-state index in [1.807, 2.05) is 32.9 Å². The van der Waals surface area contributed by atoms with Crippen molar-refractivity contribution in [2.24, 2.45) is 0 Å². The van der Waals surface area contributed by atoms with Crippen LogP contribution < -0.4 is 4.74 Å². The average molecular weight is 561 g/mol. The van der Waals surface area contributed by atoms with Crippen molar-refractivity contribution in [2.45, 2.75) is 97.1 Å². The molecule has 0 aromatic heterocycles. The van der Waals surface area contributed by atoms with Crippen molar-refractivity contribution in [3.05, 3.63) is 35.4 Å². The molecule has 2 aliphatic rings. The zero-order valence-electron chi connectivity index (χ0n) is 25.6. The van der Waals surface area contributed by atoms with Gasteiger partial charge < -0.3 is 23.5 Å². The van der Waals surface area contributed by atoms with Crippen LogP contribution in [0.2, 0.25) is 18.1 Å². The number of esters is 1. The third-order valence-corrected chi connectivity index (χ3v) is 12.6. The number of likely N-dealkylation sites (N-methyl/N-ethyl adjacent to an activating group) is 1. The van der Waals surface area contributed by atoms with Crippen LogP contribution in [0.15, 0.2) is 29.8 Å². The Morgan fingerprint density at radius 3 is 2.23 bits per heavy atom. The highest BCUT2D eigenvalue weighted by atomic mass is 28.4. The van der Waals surface area contributed by atoms with Crippen molar-refractivity contribution in [1.29, 1.82) is 0 Å². The van der Waals surface area contributed by atoms with Crippen molar-refractivity contribution in [3.8, 4) is 5.75 Å². The Morgan fingerprint density at radius 1 is 1.03 bits per heavy atom. The number of hydrogen-bond acceptors (Lipinski definition) is 7. The van der Waals surface area contributed by atoms with Gasteiger partial charge in [0.25, 0.3) is 0 Å². The van der Waals surface area contributed by atoms with Crippen molar-refractivity contribution < 1.29 is 28.2 Å². The number of amides is 1. The highest BCUT2D eigenvalue weighted by molar-refractivity contribution is 6.74. The van der Waals surface area contributed by atoms with Crippen LogP contribution in [0.3, 0.4) is 0 Å². The van der Waals surface area contributed by atoms with E-state index < -0.39 is 13.9 Å². The van der Waals surface area contributed by atoms with Crippen LogP contribution in [-0.4, -0.2) is 81.4 Å². The second-order valence-corrected chi connectivity index (χ2v) is 17.9. The standard InChI is InChI=1S/C30H48N2O6Si/c1-11-27(33)35-19-25-24(16-22-17-32(18-26(25)31(22)8)28(34)38-29(2,3)4)21-12-14-23(15-13-21)36-20-37-39(9,10)30(5,6)7/h12-15,22,26H,11,16-20H2,1-10H3. The molecule has 1 aromatic rings. The Hall–Kier alpha value is -2.36. The molecule has 1 saturated heterocycles. The maximum Gasteiger partial charge on any atom is 0.410 e. The van der Waals surface area contributed by atoms with E-state index in [1.165, 1.54) is 5.57 Å². The number of benzene rings is 1. The minimum Gasteiger partial charge on any atom is -0.469 e. The molecule has 39 heavy (non-hydrogen) atoms. The van der Waals surface area contributed by atoms with E-state index in [1.54, 1.807) is 11.8 Å². The summed E-state index contributed by atoms with van der Waals surface area (Å²) in [6.07, 6.45) is 0.749. The summed E-state index contributed by atoms with van der Waals surface area (Å²) in [4.78, 5) is 29.1. The lowest BCUT2D eigenvalue weighted by Gasteiger charge is -2.49. The molecule has 0 radical (unpaired) electrons. The van der Waals surface area contributed by atoms with E-state index in [4.69, 9.17) is 18.6 Å². The van der Waals surface area contributed by atoms with Gasteiger partial charge in [0.1, 0.15) is 18.0 Å². The maximum absolute atomic E-state index is 12.9. The van der Waals surface area contributed by atoms with Gasteiger partial charge in [-0.2, -0.15) is 0 Å². The van der Waals surface area contributed by atoms with Crippen molar-refractivity contribution in [1.82, 2.24) is 9.80 Å². The fraction of sp³-hybridized carbons (Fsp3) is 0.667. The zero-order valence-corrected chi connectivity index (χ0v) is 26.6. The van der Waals surface area contributed by atoms with Gasteiger partial charge in [0.15, 0.2) is 15.1 Å². The van der Waals surface area contributed by atoms with Crippen LogP contribution in [-0.2, 0) is 18.7 Å². The molecule has 0 N–H and O–H groups in total. The summed E-state index contributed by atoms with van der Waals surface area (Å²) in [5.74, 6) is 0.512. The van der Waals surface area contributed by atoms with E-state index in [0.717, 1.165) is 23.3 Å². The predicted molar refractivity (Wildman–Crippen MR) is 156 cm³/mol. The first-order valence-electron chi connectivity index (χ1n) is 14.0. The summed E-state index contributed by atoms with van der Waals surface area (Å²) in [5.41, 5.74) is 2.71. The number of rotatable bonds is 8. The lowest BCUT2D eigenvalue weighted by atomic mass is 9.82. The van der Waals surface area contributed by atoms with Gasteiger partial charge in [-0.15, -0.1) is 0 Å². The summed E-state index contributed by atoms with van der Waals surface area (Å²) in [5, 5.41) is 0.121. The van der Waals surface area contributed by atoms with Gasteiger partial charge in [-0.25, -0.2) is 4.79 Å². The molecule has 8 nitrogen and oxygen atoms in total. The minimum atomic E-state index is -1.89. The van der Waals surface area contributed by atoms with Crippen LogP contribution >= 0.6 is 0 Å². The Kier molecular flexibility index (Phi) is 9.61. The van der Waals surface area contributed by atoms with E-state index in [2.05, 4.69) is 57.9 Å². The molecular weight excluding hydrogens is 512 g/mol. The van der Waals surface area contributed by atoms with Crippen LogP contribution in [0.25, 0.3) is 5.57 Å². The van der Waals surface area contributed by atoms with Crippen molar-refractivity contribution in [3.63, 3.8) is 0 Å². The molecule has 3 rings (SSSR count). The smallest absolute Gasteiger partial charge is 0.410 e. The Morgan fingerprint density at radius 2 is 1.67 bits per heavy atom. The Bertz CT molecular complexity index is 1050. The monoisotopic (exact) mass is 560 g/mol. The second-order valence-electron chi connectivity index (χ2n) is 13.1. The van der Waals surface area contributed by atoms with Crippen molar-refractivity contribution >= 4 is 26.0 Å². The van der Waals surface area contributed by atoms with Crippen LogP contribution in [0, 0.1) is 0 Å². The molecule has 1 aromatic carbocycles. The third kappa shape index (κ3) is 7.86. The summed E-state index contributed by atoms with van der Waals surface area (Å²) >= 11 is 0. The number of hydrogen-bond donors (Lipinski definition) is 0. The maximum atomic E-state index is 12.9. The Balaban J connectivity index is 1.82. The van der Waals surface area contributed by atoms with E-state index in [-0.39, 0.29) is 42.6 Å². The highest BCUT2D eigenvalue weighted by Crippen LogP contribution is 2.39. The van der Waals surface area contributed by atoms with Crippen LogP contribution in [0.5, 0.6) is 5.75 Å². The summed E-state index contributed by atoms with van der Waals surface area (Å²) < 4.78 is 23.4. The summed E-state index contributed by atoms with van der Waals surface area (Å²) in [6, 6.07) is 8.11. The molecule has 0 spiro atoms. The molecule has 0 aliphatic carbocycles. The van der Waals surface area contributed by atoms with E-state index in [9.17, 15) is 9.59 Å². The third-order valence-electron chi connectivity index (χ3n) is 8.11. The predicted octanol–water partition coefficient (Wildman–Crippen LogP) is 6.07. The lowest BCUT2D eigenvalue weighted by molar-refractivity contribution is -0.142. The van der Waals surface area contributed by atoms with E-state index >= 15 is 0 Å². The average Bonchev–Trinajstić information content (AvgIpc) is 2.82. The molecule has 1 amide bonds. The zero-order chi connectivity index (χ0) is 29.2. The first-order valence-corrected chi connectivity index (χ1v) is 16.9. The molecule has 9 heteroatoms. The molecule has 2 bridgehead atoms. The Labute approximate surface area is 235 Å². The topological polar surface area (TPSA) is 77.5 Å². The van der Waals surface area contributed by atoms with Gasteiger partial charge in [-0.1, -0.05) is 39.8 Å². The van der Waals surface area contributed by atoms with Gasteiger partial charge in [-0.05, 0) is 81.2 Å². The van der Waals surface area contributed by atoms with Gasteiger partial charge >= 0.3 is 12.1 Å². The van der Waals surface area contributed by atoms with Crippen LogP contribution in [0.1, 0.15) is 66.9 Å². The fourth-order valence-corrected chi connectivity index (χ4v) is 5.40. The largest absolute Gasteiger partial charge is 0.469 e. The summed E-state index contributed by atoms with van der Waals surface area (Å²) in [7, 11) is 0.193. The number of carbonyl (C=O) groups is 2. The van der Waals surface area contributed by atoms with Gasteiger partial charge in [-0.3, -0.25) is 9.69 Å². The highest BCUT2D eigenvalue weighted by Gasteiger charge is 2.42. The van der Waals surface area contributed by atoms with Gasteiger partial charge in [0.05, 0.1) is 6.04 Å². The van der Waals surface area contributed by atoms with E-state index in [0.29, 0.717) is 19.5 Å². The quantitative estimate of drug-likeness (QED) is 0.217. The molecule has 1 fully saturated rings. The first kappa shape index (κ1) is 31.2. The normalized spacial score (nSPS) is 20.6. The number of ether oxygens (including phenoxy) is 3. The minimum absolute atomic E-state index is 0.0708. The van der Waals surface area contributed by atoms with Gasteiger partial charge in [0, 0.05) is 25.6 Å². The van der Waals surface area contributed by atoms with Crippen molar-refractivity contribution in [2.75, 3.05) is 33.5 Å². The fourth-order valence-electron chi connectivity index (χ4n) is 4.62. The molecule has 2 aliphatic heterocycles. The number of carbonyl (C=O) groups excluding carboxylic acids is 2. The lowest BCUT2D eigenvalue weighted by Crippen LogP contribution is -2.61. The molecular formula is C30H48N2O6Si. The SMILES string of the molecule is CCC(=O)OCC1=C(c2ccc(OCO[Si](C)(C)C(C)(C)C)cc2)CC2CN(C(=O)OC(C)(C)C)CC1N2C. The molecule has 2 unspecified atom stereocenters. The number of piperazine rings is 1. The van der Waals surface area contributed by atoms with Gasteiger partial charge in [0.2, 0.25) is 0 Å². The number of nitrogens with zero attached hydrogens (tertiary/aromatic N) is 2. The molecule has 218 valence electrons. The van der Waals surface area contributed by atoms with Crippen LogP contribution in [0.4, 0.5) is 4.79 Å².